The van der Waals surface area contributed by atoms with Crippen molar-refractivity contribution in [2.24, 2.45) is 5.73 Å². The van der Waals surface area contributed by atoms with Crippen LogP contribution in [0.3, 0.4) is 0 Å². The van der Waals surface area contributed by atoms with Gasteiger partial charge in [0.1, 0.15) is 5.82 Å². The lowest BCUT2D eigenvalue weighted by atomic mass is 10.1. The Bertz CT molecular complexity index is 473. The summed E-state index contributed by atoms with van der Waals surface area (Å²) in [6.45, 7) is 0. The lowest BCUT2D eigenvalue weighted by molar-refractivity contribution is 0.787. The van der Waals surface area contributed by atoms with Gasteiger partial charge in [0.05, 0.1) is 6.04 Å². The highest BCUT2D eigenvalue weighted by atomic mass is 15.2. The maximum Gasteiger partial charge on any atom is 0.171 e. The molecule has 4 heteroatoms. The highest BCUT2D eigenvalue weighted by molar-refractivity contribution is 5.24. The average Bonchev–Trinajstić information content (AvgIpc) is 3.08. The average molecular weight is 214 g/mol. The quantitative estimate of drug-likeness (QED) is 0.817. The first kappa shape index (κ1) is 9.54. The van der Waals surface area contributed by atoms with Crippen LogP contribution in [0.2, 0.25) is 0 Å². The van der Waals surface area contributed by atoms with Crippen molar-refractivity contribution in [3.8, 4) is 0 Å². The molecule has 82 valence electrons. The minimum atomic E-state index is -0.232. The number of nitrogens with zero attached hydrogens (tertiary/aromatic N) is 2. The first-order valence-corrected chi connectivity index (χ1v) is 5.57. The maximum absolute atomic E-state index is 6.11. The summed E-state index contributed by atoms with van der Waals surface area (Å²) >= 11 is 0. The predicted octanol–water partition coefficient (Wildman–Crippen LogP) is 1.73. The number of aromatic amines is 1. The van der Waals surface area contributed by atoms with Crippen molar-refractivity contribution in [1.29, 1.82) is 0 Å². The van der Waals surface area contributed by atoms with Crippen LogP contribution in [0.15, 0.2) is 30.3 Å². The van der Waals surface area contributed by atoms with Crippen molar-refractivity contribution in [3.63, 3.8) is 0 Å². The lowest BCUT2D eigenvalue weighted by Gasteiger charge is -2.06. The van der Waals surface area contributed by atoms with Crippen LogP contribution in [0.25, 0.3) is 0 Å². The summed E-state index contributed by atoms with van der Waals surface area (Å²) in [6.07, 6.45) is 2.43. The van der Waals surface area contributed by atoms with Gasteiger partial charge in [0, 0.05) is 5.92 Å². The van der Waals surface area contributed by atoms with Crippen LogP contribution in [0.4, 0.5) is 0 Å². The summed E-state index contributed by atoms with van der Waals surface area (Å²) in [5, 5.41) is 7.17. The molecule has 3 rings (SSSR count). The van der Waals surface area contributed by atoms with Crippen LogP contribution in [0.1, 0.15) is 42.0 Å². The molecular formula is C12H14N4. The topological polar surface area (TPSA) is 67.6 Å². The fraction of sp³-hybridized carbons (Fsp3) is 0.333. The van der Waals surface area contributed by atoms with Crippen molar-refractivity contribution in [1.82, 2.24) is 15.2 Å². The van der Waals surface area contributed by atoms with Crippen LogP contribution >= 0.6 is 0 Å². The van der Waals surface area contributed by atoms with Crippen LogP contribution < -0.4 is 5.73 Å². The number of aromatic nitrogens is 3. The fourth-order valence-corrected chi connectivity index (χ4v) is 1.78. The summed E-state index contributed by atoms with van der Waals surface area (Å²) in [4.78, 5) is 4.46. The summed E-state index contributed by atoms with van der Waals surface area (Å²) in [5.41, 5.74) is 7.15. The molecule has 2 aromatic rings. The molecule has 1 aliphatic rings. The van der Waals surface area contributed by atoms with E-state index in [9.17, 15) is 0 Å². The molecule has 1 atom stereocenters. The summed E-state index contributed by atoms with van der Waals surface area (Å²) in [7, 11) is 0. The molecule has 0 bridgehead atoms. The first-order valence-electron chi connectivity index (χ1n) is 5.57. The molecule has 1 saturated carbocycles. The molecule has 1 aromatic carbocycles. The maximum atomic E-state index is 6.11. The van der Waals surface area contributed by atoms with Crippen molar-refractivity contribution in [3.05, 3.63) is 47.5 Å². The van der Waals surface area contributed by atoms with Crippen LogP contribution in [0.5, 0.6) is 0 Å². The van der Waals surface area contributed by atoms with Gasteiger partial charge in [0.2, 0.25) is 0 Å². The molecular weight excluding hydrogens is 200 g/mol. The normalized spacial score (nSPS) is 17.3. The van der Waals surface area contributed by atoms with Crippen LogP contribution in [0, 0.1) is 0 Å². The molecule has 0 spiro atoms. The number of nitrogens with two attached hydrogens (primary N) is 1. The Balaban J connectivity index is 1.85. The summed E-state index contributed by atoms with van der Waals surface area (Å²) in [6, 6.07) is 9.69. The monoisotopic (exact) mass is 214 g/mol. The van der Waals surface area contributed by atoms with Gasteiger partial charge in [0.15, 0.2) is 5.82 Å². The molecule has 0 unspecified atom stereocenters. The second-order valence-corrected chi connectivity index (χ2v) is 4.24. The zero-order chi connectivity index (χ0) is 11.0. The Kier molecular flexibility index (Phi) is 2.22. The van der Waals surface area contributed by atoms with E-state index < -0.39 is 0 Å². The van der Waals surface area contributed by atoms with Crippen molar-refractivity contribution < 1.29 is 0 Å². The van der Waals surface area contributed by atoms with Gasteiger partial charge in [-0.2, -0.15) is 5.10 Å². The van der Waals surface area contributed by atoms with E-state index in [4.69, 9.17) is 5.73 Å². The van der Waals surface area contributed by atoms with Gasteiger partial charge in [-0.3, -0.25) is 5.10 Å². The van der Waals surface area contributed by atoms with Crippen molar-refractivity contribution in [2.45, 2.75) is 24.8 Å². The number of rotatable bonds is 3. The van der Waals surface area contributed by atoms with E-state index in [1.54, 1.807) is 0 Å². The minimum absolute atomic E-state index is 0.232. The molecule has 0 radical (unpaired) electrons. The zero-order valence-corrected chi connectivity index (χ0v) is 8.93. The molecule has 0 saturated heterocycles. The lowest BCUT2D eigenvalue weighted by Crippen LogP contribution is -2.13. The molecule has 1 aromatic heterocycles. The van der Waals surface area contributed by atoms with E-state index >= 15 is 0 Å². The second kappa shape index (κ2) is 3.72. The molecule has 1 fully saturated rings. The summed E-state index contributed by atoms with van der Waals surface area (Å²) in [5.74, 6) is 2.26. The smallest absolute Gasteiger partial charge is 0.171 e. The number of hydrogen-bond donors (Lipinski definition) is 2. The minimum Gasteiger partial charge on any atom is -0.318 e. The van der Waals surface area contributed by atoms with Crippen molar-refractivity contribution >= 4 is 0 Å². The van der Waals surface area contributed by atoms with Crippen LogP contribution in [-0.2, 0) is 0 Å². The number of nitrogens with one attached hydrogen (secondary N) is 1. The number of benzene rings is 1. The third kappa shape index (κ3) is 1.72. The Hall–Kier alpha value is -1.68. The van der Waals surface area contributed by atoms with Gasteiger partial charge >= 0.3 is 0 Å². The SMILES string of the molecule is N[C@@H](c1ccccc1)c1n[nH]c(C2CC2)n1. The molecule has 16 heavy (non-hydrogen) atoms. The van der Waals surface area contributed by atoms with Crippen molar-refractivity contribution in [2.75, 3.05) is 0 Å². The Labute approximate surface area is 93.9 Å². The predicted molar refractivity (Wildman–Crippen MR) is 60.8 cm³/mol. The molecule has 1 heterocycles. The van der Waals surface area contributed by atoms with Crippen LogP contribution in [-0.4, -0.2) is 15.2 Å². The van der Waals surface area contributed by atoms with Gasteiger partial charge in [-0.05, 0) is 18.4 Å². The van der Waals surface area contributed by atoms with E-state index in [0.717, 1.165) is 11.4 Å². The highest BCUT2D eigenvalue weighted by Gasteiger charge is 2.28. The van der Waals surface area contributed by atoms with Gasteiger partial charge < -0.3 is 5.73 Å². The molecule has 1 aliphatic carbocycles. The Morgan fingerprint density at radius 2 is 2.00 bits per heavy atom. The number of H-pyrrole nitrogens is 1. The van der Waals surface area contributed by atoms with E-state index in [1.165, 1.54) is 12.8 Å². The largest absolute Gasteiger partial charge is 0.318 e. The fourth-order valence-electron chi connectivity index (χ4n) is 1.78. The molecule has 3 N–H and O–H groups in total. The Morgan fingerprint density at radius 3 is 2.69 bits per heavy atom. The third-order valence-corrected chi connectivity index (χ3v) is 2.92. The van der Waals surface area contributed by atoms with Gasteiger partial charge in [0.25, 0.3) is 0 Å². The second-order valence-electron chi connectivity index (χ2n) is 4.24. The number of hydrogen-bond acceptors (Lipinski definition) is 3. The molecule has 0 amide bonds. The third-order valence-electron chi connectivity index (χ3n) is 2.92. The first-order chi connectivity index (χ1) is 7.84. The highest BCUT2D eigenvalue weighted by Crippen LogP contribution is 2.38. The zero-order valence-electron chi connectivity index (χ0n) is 8.93. The van der Waals surface area contributed by atoms with E-state index in [-0.39, 0.29) is 6.04 Å². The van der Waals surface area contributed by atoms with E-state index in [0.29, 0.717) is 11.7 Å². The standard InChI is InChI=1S/C12H14N4/c13-10(8-4-2-1-3-5-8)12-14-11(15-16-12)9-6-7-9/h1-5,9-10H,6-7,13H2,(H,14,15,16)/t10-/m0/s1. The molecule has 0 aliphatic heterocycles. The Morgan fingerprint density at radius 1 is 1.25 bits per heavy atom. The summed E-state index contributed by atoms with van der Waals surface area (Å²) < 4.78 is 0. The van der Waals surface area contributed by atoms with Gasteiger partial charge in [-0.1, -0.05) is 30.3 Å². The van der Waals surface area contributed by atoms with Gasteiger partial charge in [-0.15, -0.1) is 0 Å². The molecule has 4 nitrogen and oxygen atoms in total. The van der Waals surface area contributed by atoms with Gasteiger partial charge in [-0.25, -0.2) is 4.98 Å². The van der Waals surface area contributed by atoms with E-state index in [2.05, 4.69) is 15.2 Å². The van der Waals surface area contributed by atoms with E-state index in [1.807, 2.05) is 30.3 Å².